The van der Waals surface area contributed by atoms with Crippen molar-refractivity contribution >= 4 is 23.3 Å². The molecular formula is C21H22F4N4O2. The summed E-state index contributed by atoms with van der Waals surface area (Å²) in [6.07, 6.45) is -2.78. The maximum atomic E-state index is 13.9. The first kappa shape index (κ1) is 22.5. The molecular weight excluding hydrogens is 416 g/mol. The monoisotopic (exact) mass is 438 g/mol. The van der Waals surface area contributed by atoms with Crippen LogP contribution in [0, 0.1) is 11.7 Å². The Morgan fingerprint density at radius 2 is 1.94 bits per heavy atom. The zero-order chi connectivity index (χ0) is 22.8. The molecule has 0 spiro atoms. The average Bonchev–Trinajstić information content (AvgIpc) is 3.15. The minimum atomic E-state index is -4.75. The Kier molecular flexibility index (Phi) is 6.47. The fourth-order valence-corrected chi connectivity index (χ4v) is 3.22. The van der Waals surface area contributed by atoms with Gasteiger partial charge in [-0.1, -0.05) is 13.8 Å². The first-order valence-corrected chi connectivity index (χ1v) is 9.74. The summed E-state index contributed by atoms with van der Waals surface area (Å²) in [6.45, 7) is 4.26. The van der Waals surface area contributed by atoms with Gasteiger partial charge in [-0.05, 0) is 36.8 Å². The van der Waals surface area contributed by atoms with Gasteiger partial charge < -0.3 is 15.5 Å². The van der Waals surface area contributed by atoms with E-state index in [1.165, 1.54) is 24.4 Å². The SMILES string of the molecule is CC(C)C(=O)Nc1cc(C(=O)NC2CCN(c3ccc(C(F)(F)F)c(F)c3)C2)ccn1. The van der Waals surface area contributed by atoms with E-state index < -0.39 is 17.6 Å². The van der Waals surface area contributed by atoms with Crippen LogP contribution in [0.4, 0.5) is 29.1 Å². The number of amides is 2. The number of carbonyl (C=O) groups is 2. The molecule has 1 aromatic carbocycles. The third kappa shape index (κ3) is 5.50. The number of nitrogens with one attached hydrogen (secondary N) is 2. The number of rotatable bonds is 5. The molecule has 166 valence electrons. The fraction of sp³-hybridized carbons (Fsp3) is 0.381. The Balaban J connectivity index is 1.62. The number of hydrogen-bond donors (Lipinski definition) is 2. The summed E-state index contributed by atoms with van der Waals surface area (Å²) in [5, 5.41) is 5.48. The van der Waals surface area contributed by atoms with Gasteiger partial charge in [0.25, 0.3) is 5.91 Å². The number of hydrogen-bond acceptors (Lipinski definition) is 4. The molecule has 10 heteroatoms. The Labute approximate surface area is 176 Å². The molecule has 2 amide bonds. The van der Waals surface area contributed by atoms with Gasteiger partial charge in [-0.3, -0.25) is 9.59 Å². The Bertz CT molecular complexity index is 978. The predicted octanol–water partition coefficient (Wildman–Crippen LogP) is 3.84. The van der Waals surface area contributed by atoms with Crippen LogP contribution in [-0.4, -0.2) is 35.9 Å². The molecule has 0 saturated carbocycles. The van der Waals surface area contributed by atoms with Gasteiger partial charge >= 0.3 is 6.18 Å². The van der Waals surface area contributed by atoms with Crippen LogP contribution in [0.25, 0.3) is 0 Å². The summed E-state index contributed by atoms with van der Waals surface area (Å²) < 4.78 is 52.1. The van der Waals surface area contributed by atoms with E-state index in [-0.39, 0.29) is 29.6 Å². The number of carbonyl (C=O) groups excluding carboxylic acids is 2. The second-order valence-electron chi connectivity index (χ2n) is 7.64. The number of anilines is 2. The molecule has 6 nitrogen and oxygen atoms in total. The van der Waals surface area contributed by atoms with E-state index >= 15 is 0 Å². The zero-order valence-corrected chi connectivity index (χ0v) is 17.0. The molecule has 2 heterocycles. The van der Waals surface area contributed by atoms with E-state index in [9.17, 15) is 27.2 Å². The molecule has 2 N–H and O–H groups in total. The highest BCUT2D eigenvalue weighted by atomic mass is 19.4. The highest BCUT2D eigenvalue weighted by Gasteiger charge is 2.34. The van der Waals surface area contributed by atoms with E-state index in [4.69, 9.17) is 0 Å². The second-order valence-corrected chi connectivity index (χ2v) is 7.64. The molecule has 3 rings (SSSR count). The molecule has 31 heavy (non-hydrogen) atoms. The highest BCUT2D eigenvalue weighted by molar-refractivity contribution is 5.97. The van der Waals surface area contributed by atoms with E-state index in [0.29, 0.717) is 30.8 Å². The lowest BCUT2D eigenvalue weighted by molar-refractivity contribution is -0.140. The standard InChI is InChI=1S/C21H22F4N4O2/c1-12(2)19(30)28-18-9-13(5-7-26-18)20(31)27-14-6-8-29(11-14)15-3-4-16(17(22)10-15)21(23,24)25/h3-5,7,9-10,12,14H,6,8,11H2,1-2H3,(H,27,31)(H,26,28,30). The first-order chi connectivity index (χ1) is 14.5. The van der Waals surface area contributed by atoms with Gasteiger partial charge in [-0.15, -0.1) is 0 Å². The number of aromatic nitrogens is 1. The lowest BCUT2D eigenvalue weighted by atomic mass is 10.1. The lowest BCUT2D eigenvalue weighted by Gasteiger charge is -2.20. The Hall–Kier alpha value is -3.17. The van der Waals surface area contributed by atoms with E-state index in [1.807, 2.05) is 0 Å². The highest BCUT2D eigenvalue weighted by Crippen LogP contribution is 2.33. The van der Waals surface area contributed by atoms with Crippen molar-refractivity contribution in [3.63, 3.8) is 0 Å². The molecule has 1 aliphatic rings. The molecule has 1 atom stereocenters. The van der Waals surface area contributed by atoms with E-state index in [1.54, 1.807) is 18.7 Å². The van der Waals surface area contributed by atoms with Crippen molar-refractivity contribution in [1.29, 1.82) is 0 Å². The van der Waals surface area contributed by atoms with Crippen molar-refractivity contribution in [1.82, 2.24) is 10.3 Å². The van der Waals surface area contributed by atoms with E-state index in [0.717, 1.165) is 12.1 Å². The van der Waals surface area contributed by atoms with Crippen LogP contribution < -0.4 is 15.5 Å². The smallest absolute Gasteiger partial charge is 0.369 e. The fourth-order valence-electron chi connectivity index (χ4n) is 3.22. The number of nitrogens with zero attached hydrogens (tertiary/aromatic N) is 2. The van der Waals surface area contributed by atoms with Crippen molar-refractivity contribution in [3.05, 3.63) is 53.5 Å². The predicted molar refractivity (Wildman–Crippen MR) is 107 cm³/mol. The minimum Gasteiger partial charge on any atom is -0.369 e. The number of benzene rings is 1. The molecule has 1 aliphatic heterocycles. The van der Waals surface area contributed by atoms with Crippen molar-refractivity contribution in [2.24, 2.45) is 5.92 Å². The van der Waals surface area contributed by atoms with Crippen LogP contribution in [0.3, 0.4) is 0 Å². The van der Waals surface area contributed by atoms with Gasteiger partial charge in [-0.25, -0.2) is 9.37 Å². The van der Waals surface area contributed by atoms with Gasteiger partial charge in [0.15, 0.2) is 0 Å². The largest absolute Gasteiger partial charge is 0.419 e. The molecule has 0 aliphatic carbocycles. The van der Waals surface area contributed by atoms with Gasteiger partial charge in [0, 0.05) is 42.5 Å². The van der Waals surface area contributed by atoms with Gasteiger partial charge in [0.05, 0.1) is 5.56 Å². The van der Waals surface area contributed by atoms with Crippen LogP contribution in [0.1, 0.15) is 36.2 Å². The van der Waals surface area contributed by atoms with Gasteiger partial charge in [0.2, 0.25) is 5.91 Å². The second kappa shape index (κ2) is 8.91. The van der Waals surface area contributed by atoms with Crippen molar-refractivity contribution in [2.75, 3.05) is 23.3 Å². The Morgan fingerprint density at radius 1 is 1.19 bits per heavy atom. The molecule has 1 aromatic heterocycles. The number of halogens is 4. The van der Waals surface area contributed by atoms with Crippen molar-refractivity contribution in [3.8, 4) is 0 Å². The molecule has 1 unspecified atom stereocenters. The van der Waals surface area contributed by atoms with E-state index in [2.05, 4.69) is 15.6 Å². The van der Waals surface area contributed by atoms with Gasteiger partial charge in [-0.2, -0.15) is 13.2 Å². The minimum absolute atomic E-state index is 0.222. The summed E-state index contributed by atoms with van der Waals surface area (Å²) in [5.41, 5.74) is -0.670. The molecule has 2 aromatic rings. The Morgan fingerprint density at radius 3 is 2.58 bits per heavy atom. The third-order valence-corrected chi connectivity index (χ3v) is 4.94. The molecule has 0 radical (unpaired) electrons. The quantitative estimate of drug-likeness (QED) is 0.696. The molecule has 0 bridgehead atoms. The third-order valence-electron chi connectivity index (χ3n) is 4.94. The van der Waals surface area contributed by atoms with Crippen LogP contribution in [-0.2, 0) is 11.0 Å². The normalized spacial score (nSPS) is 16.5. The maximum absolute atomic E-state index is 13.9. The van der Waals surface area contributed by atoms with Crippen LogP contribution in [0.15, 0.2) is 36.5 Å². The van der Waals surface area contributed by atoms with Crippen molar-refractivity contribution in [2.45, 2.75) is 32.5 Å². The van der Waals surface area contributed by atoms with Crippen LogP contribution >= 0.6 is 0 Å². The first-order valence-electron chi connectivity index (χ1n) is 9.74. The maximum Gasteiger partial charge on any atom is 0.419 e. The van der Waals surface area contributed by atoms with Crippen LogP contribution in [0.5, 0.6) is 0 Å². The average molecular weight is 438 g/mol. The summed E-state index contributed by atoms with van der Waals surface area (Å²) in [6, 6.07) is 5.52. The van der Waals surface area contributed by atoms with Crippen molar-refractivity contribution < 1.29 is 27.2 Å². The van der Waals surface area contributed by atoms with Crippen LogP contribution in [0.2, 0.25) is 0 Å². The summed E-state index contributed by atoms with van der Waals surface area (Å²) in [5.74, 6) is -1.89. The lowest BCUT2D eigenvalue weighted by Crippen LogP contribution is -2.37. The summed E-state index contributed by atoms with van der Waals surface area (Å²) in [7, 11) is 0. The molecule has 1 saturated heterocycles. The number of pyridine rings is 1. The summed E-state index contributed by atoms with van der Waals surface area (Å²) >= 11 is 0. The number of alkyl halides is 3. The van der Waals surface area contributed by atoms with Gasteiger partial charge in [0.1, 0.15) is 11.6 Å². The zero-order valence-electron chi connectivity index (χ0n) is 17.0. The molecule has 1 fully saturated rings. The topological polar surface area (TPSA) is 74.3 Å². The summed E-state index contributed by atoms with van der Waals surface area (Å²) in [4.78, 5) is 30.1.